The van der Waals surface area contributed by atoms with Gasteiger partial charge < -0.3 is 0 Å². The number of sulfonamides is 1. The number of halogens is 2. The van der Waals surface area contributed by atoms with Gasteiger partial charge in [0.05, 0.1) is 5.69 Å². The number of aryl methyl sites for hydroxylation is 1. The molecule has 9 heteroatoms. The first-order valence-corrected chi connectivity index (χ1v) is 9.90. The van der Waals surface area contributed by atoms with E-state index in [0.717, 1.165) is 23.1 Å². The Morgan fingerprint density at radius 1 is 1.24 bits per heavy atom. The third-order valence-electron chi connectivity index (χ3n) is 3.61. The second-order valence-corrected chi connectivity index (χ2v) is 8.95. The van der Waals surface area contributed by atoms with Crippen LogP contribution >= 0.6 is 11.3 Å². The lowest BCUT2D eigenvalue weighted by atomic mass is 10.2. The molecule has 0 unspecified atom stereocenters. The van der Waals surface area contributed by atoms with E-state index >= 15 is 0 Å². The summed E-state index contributed by atoms with van der Waals surface area (Å²) in [6.45, 7) is 5.37. The van der Waals surface area contributed by atoms with Crippen LogP contribution in [0.15, 0.2) is 29.4 Å². The summed E-state index contributed by atoms with van der Waals surface area (Å²) < 4.78 is 56.2. The topological polar surface area (TPSA) is 63.5 Å². The van der Waals surface area contributed by atoms with Crippen molar-refractivity contribution in [1.29, 1.82) is 0 Å². The van der Waals surface area contributed by atoms with Crippen molar-refractivity contribution in [1.82, 2.24) is 14.1 Å². The average Bonchev–Trinajstić information content (AvgIpc) is 3.00. The van der Waals surface area contributed by atoms with Gasteiger partial charge >= 0.3 is 0 Å². The Hall–Kier alpha value is -1.84. The van der Waals surface area contributed by atoms with E-state index in [9.17, 15) is 17.2 Å². The maximum atomic E-state index is 13.3. The van der Waals surface area contributed by atoms with Gasteiger partial charge in [-0.3, -0.25) is 4.40 Å². The summed E-state index contributed by atoms with van der Waals surface area (Å²) in [6.07, 6.45) is 1.72. The van der Waals surface area contributed by atoms with E-state index in [1.165, 1.54) is 11.3 Å². The molecular formula is C16H17F2N3O2S2. The first kappa shape index (κ1) is 18.0. The Kier molecular flexibility index (Phi) is 4.65. The van der Waals surface area contributed by atoms with Gasteiger partial charge in [-0.2, -0.15) is 0 Å². The standard InChI is InChI=1S/C16H17F2N3O2S2/c1-9(2)14-15(21-8-10(3)24-16(21)20-14)25(22,23)19-7-11-4-12(17)6-13(18)5-11/h4-6,8-9,19H,7H2,1-3H3. The molecule has 0 fully saturated rings. The number of imidazole rings is 1. The number of nitrogens with zero attached hydrogens (tertiary/aromatic N) is 2. The second kappa shape index (κ2) is 6.47. The van der Waals surface area contributed by atoms with Crippen molar-refractivity contribution < 1.29 is 17.2 Å². The molecule has 1 N–H and O–H groups in total. The summed E-state index contributed by atoms with van der Waals surface area (Å²) in [5.74, 6) is -1.60. The fourth-order valence-electron chi connectivity index (χ4n) is 2.56. The van der Waals surface area contributed by atoms with Crippen LogP contribution in [0, 0.1) is 18.6 Å². The van der Waals surface area contributed by atoms with Crippen LogP contribution in [0.4, 0.5) is 8.78 Å². The molecule has 0 aliphatic rings. The van der Waals surface area contributed by atoms with Crippen molar-refractivity contribution in [2.45, 2.75) is 38.3 Å². The smallest absolute Gasteiger partial charge is 0.258 e. The summed E-state index contributed by atoms with van der Waals surface area (Å²) in [5.41, 5.74) is 0.665. The molecule has 3 rings (SSSR count). The van der Waals surface area contributed by atoms with Crippen molar-refractivity contribution in [3.05, 3.63) is 52.2 Å². The van der Waals surface area contributed by atoms with E-state index in [0.29, 0.717) is 10.7 Å². The van der Waals surface area contributed by atoms with Gasteiger partial charge in [0.25, 0.3) is 10.0 Å². The van der Waals surface area contributed by atoms with E-state index in [1.54, 1.807) is 10.6 Å². The van der Waals surface area contributed by atoms with Crippen molar-refractivity contribution in [2.24, 2.45) is 0 Å². The zero-order valence-corrected chi connectivity index (χ0v) is 15.5. The van der Waals surface area contributed by atoms with Gasteiger partial charge in [-0.25, -0.2) is 26.9 Å². The fourth-order valence-corrected chi connectivity index (χ4v) is 4.89. The Balaban J connectivity index is 1.99. The first-order valence-electron chi connectivity index (χ1n) is 7.60. The molecule has 0 aliphatic carbocycles. The van der Waals surface area contributed by atoms with Crippen LogP contribution in [-0.2, 0) is 16.6 Å². The Morgan fingerprint density at radius 2 is 1.88 bits per heavy atom. The number of nitrogens with one attached hydrogen (secondary N) is 1. The average molecular weight is 385 g/mol. The monoisotopic (exact) mass is 385 g/mol. The van der Waals surface area contributed by atoms with Crippen LogP contribution in [0.3, 0.4) is 0 Å². The molecule has 2 aromatic heterocycles. The largest absolute Gasteiger partial charge is 0.279 e. The highest BCUT2D eigenvalue weighted by Crippen LogP contribution is 2.28. The van der Waals surface area contributed by atoms with E-state index in [-0.39, 0.29) is 23.1 Å². The molecule has 0 amide bonds. The van der Waals surface area contributed by atoms with Gasteiger partial charge in [0.15, 0.2) is 9.99 Å². The van der Waals surface area contributed by atoms with Crippen molar-refractivity contribution in [2.75, 3.05) is 0 Å². The molecule has 25 heavy (non-hydrogen) atoms. The summed E-state index contributed by atoms with van der Waals surface area (Å²) in [5, 5.41) is 0.0683. The maximum Gasteiger partial charge on any atom is 0.258 e. The number of rotatable bonds is 5. The lowest BCUT2D eigenvalue weighted by molar-refractivity contribution is 0.566. The zero-order valence-electron chi connectivity index (χ0n) is 13.9. The van der Waals surface area contributed by atoms with Crippen LogP contribution in [0.2, 0.25) is 0 Å². The number of hydrogen-bond acceptors (Lipinski definition) is 4. The minimum absolute atomic E-state index is 0.0683. The third kappa shape index (κ3) is 3.58. The SMILES string of the molecule is Cc1cn2c(S(=O)(=O)NCc3cc(F)cc(F)c3)c(C(C)C)nc2s1. The van der Waals surface area contributed by atoms with Gasteiger partial charge in [0, 0.05) is 23.7 Å². The summed E-state index contributed by atoms with van der Waals surface area (Å²) in [7, 11) is -3.92. The minimum Gasteiger partial charge on any atom is -0.279 e. The van der Waals surface area contributed by atoms with Crippen LogP contribution in [0.1, 0.15) is 35.9 Å². The lowest BCUT2D eigenvalue weighted by Crippen LogP contribution is -2.25. The molecule has 0 aliphatic heterocycles. The van der Waals surface area contributed by atoms with Crippen LogP contribution < -0.4 is 4.72 Å². The van der Waals surface area contributed by atoms with E-state index in [4.69, 9.17) is 0 Å². The molecule has 0 atom stereocenters. The summed E-state index contributed by atoms with van der Waals surface area (Å²) >= 11 is 1.40. The second-order valence-electron chi connectivity index (χ2n) is 6.05. The highest BCUT2D eigenvalue weighted by Gasteiger charge is 2.27. The number of aromatic nitrogens is 2. The number of hydrogen-bond donors (Lipinski definition) is 1. The van der Waals surface area contributed by atoms with Gasteiger partial charge in [-0.05, 0) is 30.5 Å². The normalized spacial score (nSPS) is 12.4. The van der Waals surface area contributed by atoms with Gasteiger partial charge in [-0.15, -0.1) is 11.3 Å². The molecule has 0 bridgehead atoms. The van der Waals surface area contributed by atoms with E-state index < -0.39 is 21.7 Å². The van der Waals surface area contributed by atoms with Crippen molar-refractivity contribution in [3.63, 3.8) is 0 Å². The van der Waals surface area contributed by atoms with Gasteiger partial charge in [0.2, 0.25) is 0 Å². The van der Waals surface area contributed by atoms with Crippen LogP contribution in [0.5, 0.6) is 0 Å². The predicted octanol–water partition coefficient (Wildman–Crippen LogP) is 3.58. The van der Waals surface area contributed by atoms with E-state index in [1.807, 2.05) is 20.8 Å². The van der Waals surface area contributed by atoms with Crippen molar-refractivity contribution in [3.8, 4) is 0 Å². The van der Waals surface area contributed by atoms with E-state index in [2.05, 4.69) is 9.71 Å². The fraction of sp³-hybridized carbons (Fsp3) is 0.312. The molecule has 5 nitrogen and oxygen atoms in total. The quantitative estimate of drug-likeness (QED) is 0.730. The molecular weight excluding hydrogens is 368 g/mol. The molecule has 0 saturated heterocycles. The third-order valence-corrected chi connectivity index (χ3v) is 5.95. The molecule has 0 radical (unpaired) electrons. The first-order chi connectivity index (χ1) is 11.7. The molecule has 134 valence electrons. The predicted molar refractivity (Wildman–Crippen MR) is 92.3 cm³/mol. The van der Waals surface area contributed by atoms with Crippen molar-refractivity contribution >= 4 is 26.3 Å². The molecule has 1 aromatic carbocycles. The van der Waals surface area contributed by atoms with Gasteiger partial charge in [-0.1, -0.05) is 13.8 Å². The number of thiazole rings is 1. The summed E-state index contributed by atoms with van der Waals surface area (Å²) in [6, 6.07) is 2.93. The minimum atomic E-state index is -3.92. The van der Waals surface area contributed by atoms with Crippen LogP contribution in [0.25, 0.3) is 4.96 Å². The zero-order chi connectivity index (χ0) is 18.4. The maximum absolute atomic E-state index is 13.3. The van der Waals surface area contributed by atoms with Gasteiger partial charge in [0.1, 0.15) is 11.6 Å². The van der Waals surface area contributed by atoms with Crippen LogP contribution in [-0.4, -0.2) is 17.8 Å². The Bertz CT molecular complexity index is 1020. The lowest BCUT2D eigenvalue weighted by Gasteiger charge is -2.10. The Morgan fingerprint density at radius 3 is 2.48 bits per heavy atom. The highest BCUT2D eigenvalue weighted by molar-refractivity contribution is 7.89. The Labute approximate surface area is 148 Å². The highest BCUT2D eigenvalue weighted by atomic mass is 32.2. The molecule has 0 spiro atoms. The number of fused-ring (bicyclic) bond motifs is 1. The molecule has 0 saturated carbocycles. The number of benzene rings is 1. The molecule has 3 aromatic rings. The summed E-state index contributed by atoms with van der Waals surface area (Å²) in [4.78, 5) is 5.95. The molecule has 2 heterocycles.